The van der Waals surface area contributed by atoms with Gasteiger partial charge < -0.3 is 19.8 Å². The number of fused-ring (bicyclic) bond motifs is 3. The van der Waals surface area contributed by atoms with Gasteiger partial charge in [0.1, 0.15) is 17.3 Å². The van der Waals surface area contributed by atoms with Crippen LogP contribution in [0.25, 0.3) is 22.0 Å². The lowest BCUT2D eigenvalue weighted by Crippen LogP contribution is -2.34. The fraction of sp³-hybridized carbons (Fsp3) is 0.474. The summed E-state index contributed by atoms with van der Waals surface area (Å²) >= 11 is 0. The van der Waals surface area contributed by atoms with Crippen molar-refractivity contribution in [1.82, 2.24) is 29.7 Å². The number of benzene rings is 2. The number of hydrogen-bond acceptors (Lipinski definition) is 4. The highest BCUT2D eigenvalue weighted by Gasteiger charge is 2.55. The summed E-state index contributed by atoms with van der Waals surface area (Å²) in [6, 6.07) is 13.6. The third-order valence-corrected chi connectivity index (χ3v) is 10.3. The summed E-state index contributed by atoms with van der Waals surface area (Å²) in [6.45, 7) is 8.40. The molecule has 2 N–H and O–H groups in total. The number of aromatic nitrogens is 4. The molecule has 4 fully saturated rings. The van der Waals surface area contributed by atoms with Crippen LogP contribution in [0.2, 0.25) is 0 Å². The first-order valence-corrected chi connectivity index (χ1v) is 17.0. The van der Waals surface area contributed by atoms with Gasteiger partial charge in [-0.2, -0.15) is 0 Å². The molecule has 6 atom stereocenters. The van der Waals surface area contributed by atoms with Crippen LogP contribution in [0.3, 0.4) is 0 Å². The second kappa shape index (κ2) is 11.2. The van der Waals surface area contributed by atoms with E-state index in [9.17, 15) is 9.59 Å². The van der Waals surface area contributed by atoms with Gasteiger partial charge in [-0.1, -0.05) is 51.8 Å². The Kier molecular flexibility index (Phi) is 7.04. The molecule has 4 heterocycles. The SMILES string of the molecule is CC(C)CC(=O)N1C2C[C@@H]2C[C@H]1c1ncc(-c2ccc3cc(C#Cc4cnc([C@@H]5C[C@@H]6C[C@H]6N5C(=O)CC(C)C)[nH]4)ccc3c2)[nH]1. The molecule has 2 amide bonds. The van der Waals surface area contributed by atoms with Crippen molar-refractivity contribution in [3.05, 3.63) is 71.7 Å². The van der Waals surface area contributed by atoms with Crippen LogP contribution in [0.4, 0.5) is 0 Å². The Morgan fingerprint density at radius 2 is 1.35 bits per heavy atom. The third kappa shape index (κ3) is 5.40. The number of H-pyrrole nitrogens is 2. The summed E-state index contributed by atoms with van der Waals surface area (Å²) in [5, 5.41) is 2.25. The molecule has 2 aromatic carbocycles. The van der Waals surface area contributed by atoms with Crippen LogP contribution in [0.1, 0.15) is 101 Å². The lowest BCUT2D eigenvalue weighted by atomic mass is 10.0. The predicted molar refractivity (Wildman–Crippen MR) is 177 cm³/mol. The van der Waals surface area contributed by atoms with Crippen molar-refractivity contribution in [1.29, 1.82) is 0 Å². The van der Waals surface area contributed by atoms with E-state index in [-0.39, 0.29) is 23.9 Å². The lowest BCUT2D eigenvalue weighted by Gasteiger charge is -2.27. The first kappa shape index (κ1) is 29.1. The van der Waals surface area contributed by atoms with E-state index in [2.05, 4.69) is 101 Å². The van der Waals surface area contributed by atoms with E-state index in [0.717, 1.165) is 70.6 Å². The smallest absolute Gasteiger partial charge is 0.223 e. The number of aromatic amines is 2. The molecule has 46 heavy (non-hydrogen) atoms. The number of piperidine rings is 2. The molecule has 2 aliphatic heterocycles. The first-order chi connectivity index (χ1) is 22.2. The molecule has 8 heteroatoms. The first-order valence-electron chi connectivity index (χ1n) is 17.0. The monoisotopic (exact) mass is 614 g/mol. The van der Waals surface area contributed by atoms with Crippen molar-refractivity contribution in [2.45, 2.75) is 90.4 Å². The Labute approximate surface area is 270 Å². The lowest BCUT2D eigenvalue weighted by molar-refractivity contribution is -0.135. The number of rotatable bonds is 7. The average Bonchev–Trinajstić information content (AvgIpc) is 3.63. The van der Waals surface area contributed by atoms with E-state index in [4.69, 9.17) is 4.98 Å². The van der Waals surface area contributed by atoms with Crippen LogP contribution in [0, 0.1) is 35.5 Å². The van der Waals surface area contributed by atoms with Gasteiger partial charge in [-0.3, -0.25) is 9.59 Å². The molecule has 4 aromatic rings. The highest BCUT2D eigenvalue weighted by molar-refractivity contribution is 5.88. The number of imidazole rings is 2. The molecule has 8 rings (SSSR count). The zero-order valence-corrected chi connectivity index (χ0v) is 27.1. The van der Waals surface area contributed by atoms with Crippen molar-refractivity contribution in [2.75, 3.05) is 0 Å². The van der Waals surface area contributed by atoms with E-state index >= 15 is 0 Å². The summed E-state index contributed by atoms with van der Waals surface area (Å²) in [6.07, 6.45) is 9.11. The topological polar surface area (TPSA) is 98.0 Å². The van der Waals surface area contributed by atoms with Gasteiger partial charge in [0.05, 0.1) is 30.2 Å². The van der Waals surface area contributed by atoms with Gasteiger partial charge in [-0.25, -0.2) is 9.97 Å². The quantitative estimate of drug-likeness (QED) is 0.225. The Morgan fingerprint density at radius 1 is 0.761 bits per heavy atom. The van der Waals surface area contributed by atoms with Crippen LogP contribution < -0.4 is 0 Å². The number of carbonyl (C=O) groups is 2. The van der Waals surface area contributed by atoms with Crippen LogP contribution >= 0.6 is 0 Å². The minimum Gasteiger partial charge on any atom is -0.340 e. The van der Waals surface area contributed by atoms with Gasteiger partial charge in [0, 0.05) is 36.1 Å². The van der Waals surface area contributed by atoms with E-state index in [1.54, 1.807) is 6.20 Å². The van der Waals surface area contributed by atoms with Gasteiger partial charge in [0.2, 0.25) is 11.8 Å². The van der Waals surface area contributed by atoms with Gasteiger partial charge in [-0.15, -0.1) is 0 Å². The zero-order chi connectivity index (χ0) is 31.7. The normalized spacial score (nSPS) is 26.0. The number of amides is 2. The molecule has 8 nitrogen and oxygen atoms in total. The molecular formula is C38H42N6O2. The molecule has 2 aliphatic carbocycles. The fourth-order valence-corrected chi connectivity index (χ4v) is 7.88. The van der Waals surface area contributed by atoms with Gasteiger partial charge in [-0.05, 0) is 84.2 Å². The Bertz CT molecular complexity index is 1890. The second-order valence-electron chi connectivity index (χ2n) is 14.8. The van der Waals surface area contributed by atoms with Gasteiger partial charge in [0.15, 0.2) is 0 Å². The largest absolute Gasteiger partial charge is 0.340 e. The molecule has 236 valence electrons. The van der Waals surface area contributed by atoms with E-state index in [1.807, 2.05) is 6.20 Å². The molecule has 0 spiro atoms. The summed E-state index contributed by atoms with van der Waals surface area (Å²) in [5.74, 6) is 10.7. The van der Waals surface area contributed by atoms with E-state index < -0.39 is 0 Å². The molecular weight excluding hydrogens is 572 g/mol. The van der Waals surface area contributed by atoms with Gasteiger partial charge >= 0.3 is 0 Å². The minimum absolute atomic E-state index is 0.0291. The Morgan fingerprint density at radius 3 is 2.00 bits per heavy atom. The minimum atomic E-state index is 0.0291. The third-order valence-electron chi connectivity index (χ3n) is 10.3. The number of hydrogen-bond donors (Lipinski definition) is 2. The summed E-state index contributed by atoms with van der Waals surface area (Å²) < 4.78 is 0. The molecule has 4 aliphatic rings. The maximum atomic E-state index is 13.0. The summed E-state index contributed by atoms with van der Waals surface area (Å²) in [4.78, 5) is 46.6. The molecule has 1 unspecified atom stereocenters. The summed E-state index contributed by atoms with van der Waals surface area (Å²) in [7, 11) is 0. The molecule has 2 saturated heterocycles. The van der Waals surface area contributed by atoms with Crippen LogP contribution in [0.15, 0.2) is 48.8 Å². The van der Waals surface area contributed by atoms with Crippen molar-refractivity contribution in [3.63, 3.8) is 0 Å². The maximum Gasteiger partial charge on any atom is 0.223 e. The highest BCUT2D eigenvalue weighted by atomic mass is 16.2. The number of carbonyl (C=O) groups excluding carboxylic acids is 2. The van der Waals surface area contributed by atoms with E-state index in [0.29, 0.717) is 48.6 Å². The predicted octanol–water partition coefficient (Wildman–Crippen LogP) is 6.77. The van der Waals surface area contributed by atoms with Gasteiger partial charge in [0.25, 0.3) is 0 Å². The maximum absolute atomic E-state index is 13.0. The van der Waals surface area contributed by atoms with E-state index in [1.165, 1.54) is 0 Å². The highest BCUT2D eigenvalue weighted by Crippen LogP contribution is 2.54. The van der Waals surface area contributed by atoms with Crippen molar-refractivity contribution < 1.29 is 9.59 Å². The molecule has 0 bridgehead atoms. The zero-order valence-electron chi connectivity index (χ0n) is 27.1. The van der Waals surface area contributed by atoms with Crippen molar-refractivity contribution >= 4 is 22.6 Å². The fourth-order valence-electron chi connectivity index (χ4n) is 7.88. The Balaban J connectivity index is 0.963. The van der Waals surface area contributed by atoms with Crippen LogP contribution in [-0.2, 0) is 9.59 Å². The Hall–Kier alpha value is -4.38. The van der Waals surface area contributed by atoms with Crippen LogP contribution in [-0.4, -0.2) is 53.6 Å². The number of likely N-dealkylation sites (tertiary alicyclic amines) is 2. The molecule has 2 aromatic heterocycles. The number of nitrogens with zero attached hydrogens (tertiary/aromatic N) is 4. The standard InChI is InChI=1S/C38H42N6O2/c1-21(2)11-35(45)43-31-15-27(31)17-33(43)37-39-19-29(41-37)10-6-23-5-7-25-14-26(9-8-24(25)13-23)30-20-40-38(42-30)34-18-28-16-32(28)44(34)36(46)12-22(3)4/h5,7-9,13-14,19-22,27-28,31-34H,11-12,15-18H2,1-4H3,(H,39,41)(H,40,42)/t27-,28+,31+,32?,33-,34-/m0/s1. The average molecular weight is 615 g/mol. The van der Waals surface area contributed by atoms with Crippen molar-refractivity contribution in [2.24, 2.45) is 23.7 Å². The molecule has 2 saturated carbocycles. The van der Waals surface area contributed by atoms with Crippen molar-refractivity contribution in [3.8, 4) is 23.1 Å². The molecule has 0 radical (unpaired) electrons. The summed E-state index contributed by atoms with van der Waals surface area (Å²) in [5.41, 5.74) is 3.74. The van der Waals surface area contributed by atoms with Crippen LogP contribution in [0.5, 0.6) is 0 Å². The number of nitrogens with one attached hydrogen (secondary N) is 2. The second-order valence-corrected chi connectivity index (χ2v) is 14.8.